The Morgan fingerprint density at radius 2 is 1.60 bits per heavy atom. The Morgan fingerprint density at radius 1 is 1.07 bits per heavy atom. The standard InChI is InChI=1S/C13H25NO/c1-10-4-6-12(7-5-10)14-8-11(9-14)13(2,3)15/h10-12,15H,4-9H2,1-3H3. The van der Waals surface area contributed by atoms with Crippen molar-refractivity contribution in [1.82, 2.24) is 4.90 Å². The number of aliphatic hydroxyl groups is 1. The van der Waals surface area contributed by atoms with Crippen LogP contribution in [-0.4, -0.2) is 34.7 Å². The summed E-state index contributed by atoms with van der Waals surface area (Å²) in [4.78, 5) is 2.58. The van der Waals surface area contributed by atoms with Crippen LogP contribution in [0, 0.1) is 11.8 Å². The van der Waals surface area contributed by atoms with E-state index in [1.807, 2.05) is 13.8 Å². The first-order valence-corrected chi connectivity index (χ1v) is 6.43. The monoisotopic (exact) mass is 211 g/mol. The molecule has 1 N–H and O–H groups in total. The molecule has 1 aliphatic carbocycles. The third-order valence-corrected chi connectivity index (χ3v) is 4.41. The van der Waals surface area contributed by atoms with Gasteiger partial charge in [0.25, 0.3) is 0 Å². The van der Waals surface area contributed by atoms with Crippen molar-refractivity contribution in [3.63, 3.8) is 0 Å². The predicted octanol–water partition coefficient (Wildman–Crippen LogP) is 2.27. The van der Waals surface area contributed by atoms with Gasteiger partial charge >= 0.3 is 0 Å². The number of hydrogen-bond acceptors (Lipinski definition) is 2. The van der Waals surface area contributed by atoms with Crippen LogP contribution in [0.25, 0.3) is 0 Å². The van der Waals surface area contributed by atoms with Crippen LogP contribution in [0.2, 0.25) is 0 Å². The van der Waals surface area contributed by atoms with Gasteiger partial charge in [-0.3, -0.25) is 4.90 Å². The van der Waals surface area contributed by atoms with Crippen LogP contribution in [0.4, 0.5) is 0 Å². The minimum absolute atomic E-state index is 0.474. The van der Waals surface area contributed by atoms with Crippen LogP contribution in [0.3, 0.4) is 0 Å². The van der Waals surface area contributed by atoms with Crippen molar-refractivity contribution in [2.45, 2.75) is 58.1 Å². The van der Waals surface area contributed by atoms with E-state index in [4.69, 9.17) is 0 Å². The molecule has 0 aromatic heterocycles. The Labute approximate surface area is 93.7 Å². The summed E-state index contributed by atoms with van der Waals surface area (Å²) in [5, 5.41) is 9.87. The lowest BCUT2D eigenvalue weighted by molar-refractivity contribution is -0.0825. The Hall–Kier alpha value is -0.0800. The fourth-order valence-electron chi connectivity index (χ4n) is 2.87. The molecule has 0 spiro atoms. The van der Waals surface area contributed by atoms with E-state index in [-0.39, 0.29) is 0 Å². The molecule has 2 aliphatic rings. The third-order valence-electron chi connectivity index (χ3n) is 4.41. The molecule has 1 saturated heterocycles. The van der Waals surface area contributed by atoms with E-state index < -0.39 is 5.60 Å². The second-order valence-electron chi connectivity index (χ2n) is 6.22. The number of nitrogens with zero attached hydrogens (tertiary/aromatic N) is 1. The lowest BCUT2D eigenvalue weighted by Gasteiger charge is -2.50. The third kappa shape index (κ3) is 2.54. The van der Waals surface area contributed by atoms with E-state index >= 15 is 0 Å². The molecule has 0 radical (unpaired) electrons. The van der Waals surface area contributed by atoms with Crippen LogP contribution in [0.5, 0.6) is 0 Å². The van der Waals surface area contributed by atoms with Gasteiger partial charge in [0.05, 0.1) is 5.60 Å². The molecule has 2 fully saturated rings. The van der Waals surface area contributed by atoms with Crippen molar-refractivity contribution in [3.05, 3.63) is 0 Å². The van der Waals surface area contributed by atoms with Crippen molar-refractivity contribution < 1.29 is 5.11 Å². The molecular weight excluding hydrogens is 186 g/mol. The molecule has 2 rings (SSSR count). The van der Waals surface area contributed by atoms with Gasteiger partial charge in [-0.2, -0.15) is 0 Å². The van der Waals surface area contributed by atoms with Gasteiger partial charge in [-0.05, 0) is 45.4 Å². The zero-order valence-corrected chi connectivity index (χ0v) is 10.4. The van der Waals surface area contributed by atoms with E-state index in [0.717, 1.165) is 25.0 Å². The first-order valence-electron chi connectivity index (χ1n) is 6.43. The molecule has 0 atom stereocenters. The summed E-state index contributed by atoms with van der Waals surface area (Å²) in [5.74, 6) is 1.43. The highest BCUT2D eigenvalue weighted by Gasteiger charge is 2.40. The molecule has 15 heavy (non-hydrogen) atoms. The molecule has 0 amide bonds. The largest absolute Gasteiger partial charge is 0.390 e. The minimum atomic E-state index is -0.474. The second-order valence-corrected chi connectivity index (χ2v) is 6.22. The molecule has 88 valence electrons. The van der Waals surface area contributed by atoms with Crippen LogP contribution in [0.1, 0.15) is 46.5 Å². The van der Waals surface area contributed by atoms with Gasteiger partial charge in [0.1, 0.15) is 0 Å². The maximum Gasteiger partial charge on any atom is 0.0644 e. The molecule has 2 nitrogen and oxygen atoms in total. The SMILES string of the molecule is CC1CCC(N2CC(C(C)(C)O)C2)CC1. The van der Waals surface area contributed by atoms with Crippen molar-refractivity contribution >= 4 is 0 Å². The van der Waals surface area contributed by atoms with Crippen molar-refractivity contribution in [3.8, 4) is 0 Å². The second kappa shape index (κ2) is 4.06. The molecule has 0 unspecified atom stereocenters. The maximum atomic E-state index is 9.87. The Balaban J connectivity index is 1.75. The van der Waals surface area contributed by atoms with Gasteiger partial charge in [-0.15, -0.1) is 0 Å². The van der Waals surface area contributed by atoms with E-state index in [1.165, 1.54) is 25.7 Å². The zero-order valence-electron chi connectivity index (χ0n) is 10.4. The van der Waals surface area contributed by atoms with Crippen LogP contribution < -0.4 is 0 Å². The summed E-state index contributed by atoms with van der Waals surface area (Å²) in [6.45, 7) is 8.48. The minimum Gasteiger partial charge on any atom is -0.390 e. The molecule has 0 aromatic rings. The lowest BCUT2D eigenvalue weighted by atomic mass is 9.80. The predicted molar refractivity (Wildman–Crippen MR) is 62.8 cm³/mol. The quantitative estimate of drug-likeness (QED) is 0.757. The van der Waals surface area contributed by atoms with E-state index in [0.29, 0.717) is 5.92 Å². The Kier molecular flexibility index (Phi) is 3.09. The molecule has 1 saturated carbocycles. The number of hydrogen-bond donors (Lipinski definition) is 1. The Morgan fingerprint density at radius 3 is 2.07 bits per heavy atom. The number of likely N-dealkylation sites (tertiary alicyclic amines) is 1. The van der Waals surface area contributed by atoms with Crippen LogP contribution in [-0.2, 0) is 0 Å². The van der Waals surface area contributed by atoms with Gasteiger partial charge < -0.3 is 5.11 Å². The number of rotatable bonds is 2. The first-order chi connectivity index (χ1) is 6.97. The summed E-state index contributed by atoms with van der Waals surface area (Å²) >= 11 is 0. The highest BCUT2D eigenvalue weighted by atomic mass is 16.3. The molecule has 1 heterocycles. The summed E-state index contributed by atoms with van der Waals surface area (Å²) in [6, 6.07) is 0.819. The topological polar surface area (TPSA) is 23.5 Å². The first kappa shape index (κ1) is 11.4. The fourth-order valence-corrected chi connectivity index (χ4v) is 2.87. The van der Waals surface area contributed by atoms with E-state index in [9.17, 15) is 5.11 Å². The summed E-state index contributed by atoms with van der Waals surface area (Å²) in [6.07, 6.45) is 5.54. The van der Waals surface area contributed by atoms with Gasteiger partial charge in [-0.25, -0.2) is 0 Å². The van der Waals surface area contributed by atoms with Crippen LogP contribution in [0.15, 0.2) is 0 Å². The average molecular weight is 211 g/mol. The summed E-state index contributed by atoms with van der Waals surface area (Å²) in [7, 11) is 0. The van der Waals surface area contributed by atoms with E-state index in [2.05, 4.69) is 11.8 Å². The molecule has 0 aromatic carbocycles. The average Bonchev–Trinajstić information content (AvgIpc) is 2.03. The smallest absolute Gasteiger partial charge is 0.0644 e. The maximum absolute atomic E-state index is 9.87. The molecule has 2 heteroatoms. The van der Waals surface area contributed by atoms with Gasteiger partial charge in [-0.1, -0.05) is 6.92 Å². The molecule has 1 aliphatic heterocycles. The van der Waals surface area contributed by atoms with Crippen molar-refractivity contribution in [2.24, 2.45) is 11.8 Å². The molecular formula is C13H25NO. The lowest BCUT2D eigenvalue weighted by Crippen LogP contribution is -2.59. The zero-order chi connectivity index (χ0) is 11.1. The normalized spacial score (nSPS) is 35.2. The van der Waals surface area contributed by atoms with Gasteiger partial charge in [0.15, 0.2) is 0 Å². The summed E-state index contributed by atoms with van der Waals surface area (Å²) < 4.78 is 0. The van der Waals surface area contributed by atoms with Crippen LogP contribution >= 0.6 is 0 Å². The highest BCUT2D eigenvalue weighted by molar-refractivity contribution is 4.94. The fraction of sp³-hybridized carbons (Fsp3) is 1.00. The van der Waals surface area contributed by atoms with Gasteiger partial charge in [0, 0.05) is 25.0 Å². The highest BCUT2D eigenvalue weighted by Crippen LogP contribution is 2.34. The van der Waals surface area contributed by atoms with Crippen molar-refractivity contribution in [2.75, 3.05) is 13.1 Å². The van der Waals surface area contributed by atoms with Gasteiger partial charge in [0.2, 0.25) is 0 Å². The van der Waals surface area contributed by atoms with E-state index in [1.54, 1.807) is 0 Å². The Bertz CT molecular complexity index is 207. The molecule has 0 bridgehead atoms. The summed E-state index contributed by atoms with van der Waals surface area (Å²) in [5.41, 5.74) is -0.474. The van der Waals surface area contributed by atoms with Crippen molar-refractivity contribution in [1.29, 1.82) is 0 Å².